The van der Waals surface area contributed by atoms with E-state index in [4.69, 9.17) is 10.5 Å². The van der Waals surface area contributed by atoms with E-state index >= 15 is 0 Å². The first kappa shape index (κ1) is 28.7. The third-order valence-corrected chi connectivity index (χ3v) is 12.3. The Bertz CT molecular complexity index is 1070. The molecule has 3 saturated carbocycles. The van der Waals surface area contributed by atoms with Crippen molar-refractivity contribution >= 4 is 11.7 Å². The van der Waals surface area contributed by atoms with E-state index in [9.17, 15) is 4.79 Å². The van der Waals surface area contributed by atoms with Gasteiger partial charge in [-0.15, -0.1) is 0 Å². The molecule has 5 rings (SSSR count). The fraction of sp³-hybridized carbons (Fsp3) is 0.750. The molecule has 39 heavy (non-hydrogen) atoms. The first-order valence-electron chi connectivity index (χ1n) is 16.3. The maximum atomic E-state index is 13.0. The molecule has 0 heterocycles. The molecular formula is C36H55NO2. The number of carbonyl (C=O) groups is 1. The molecule has 1 aromatic rings. The van der Waals surface area contributed by atoms with Crippen LogP contribution < -0.4 is 5.73 Å². The van der Waals surface area contributed by atoms with Gasteiger partial charge in [0.1, 0.15) is 6.10 Å². The first-order chi connectivity index (χ1) is 18.5. The normalized spacial score (nSPS) is 36.5. The van der Waals surface area contributed by atoms with Crippen LogP contribution in [0.15, 0.2) is 29.8 Å². The van der Waals surface area contributed by atoms with Gasteiger partial charge in [0.05, 0.1) is 5.56 Å². The van der Waals surface area contributed by atoms with E-state index in [2.05, 4.69) is 40.7 Å². The maximum Gasteiger partial charge on any atom is 0.338 e. The van der Waals surface area contributed by atoms with Gasteiger partial charge < -0.3 is 10.5 Å². The second kappa shape index (κ2) is 11.2. The van der Waals surface area contributed by atoms with Crippen LogP contribution in [0.1, 0.15) is 128 Å². The number of esters is 1. The van der Waals surface area contributed by atoms with Crippen LogP contribution in [0.25, 0.3) is 0 Å². The Balaban J connectivity index is 1.23. The molecule has 3 heteroatoms. The summed E-state index contributed by atoms with van der Waals surface area (Å²) in [5, 5.41) is 0. The van der Waals surface area contributed by atoms with E-state index in [1.807, 2.05) is 19.1 Å². The standard InChI is InChI=1S/C36H55NO2/c1-23(2)9-7-8-10-24(3)31-15-16-32-30-13-11-26-22-28(39-34(38)29-14-12-27(37)21-25(29)4)17-19-35(26,5)33(30)18-20-36(31,32)6/h11-12,14,21,23-24,28,30-33H,7-10,13,15-20,22,37H2,1-6H3/t24-,28+,30+,31-,32-,33-,35+,36-/m1/s1. The van der Waals surface area contributed by atoms with Gasteiger partial charge in [-0.25, -0.2) is 4.79 Å². The van der Waals surface area contributed by atoms with Gasteiger partial charge in [0.2, 0.25) is 0 Å². The molecule has 0 amide bonds. The quantitative estimate of drug-likeness (QED) is 0.157. The summed E-state index contributed by atoms with van der Waals surface area (Å²) in [6.45, 7) is 14.5. The average molecular weight is 534 g/mol. The van der Waals surface area contributed by atoms with E-state index in [1.165, 1.54) is 57.8 Å². The van der Waals surface area contributed by atoms with E-state index in [-0.39, 0.29) is 17.5 Å². The fourth-order valence-electron chi connectivity index (χ4n) is 10.1. The molecule has 0 saturated heterocycles. The predicted octanol–water partition coefficient (Wildman–Crippen LogP) is 9.53. The van der Waals surface area contributed by atoms with Gasteiger partial charge in [0.15, 0.2) is 0 Å². The summed E-state index contributed by atoms with van der Waals surface area (Å²) in [4.78, 5) is 13.0. The van der Waals surface area contributed by atoms with E-state index in [0.29, 0.717) is 16.7 Å². The summed E-state index contributed by atoms with van der Waals surface area (Å²) >= 11 is 0. The lowest BCUT2D eigenvalue weighted by Gasteiger charge is -2.58. The number of fused-ring (bicyclic) bond motifs is 5. The van der Waals surface area contributed by atoms with Crippen molar-refractivity contribution in [1.82, 2.24) is 0 Å². The number of allylic oxidation sites excluding steroid dienone is 1. The molecule has 216 valence electrons. The molecule has 1 aromatic carbocycles. The van der Waals surface area contributed by atoms with E-state index < -0.39 is 0 Å². The number of ether oxygens (including phenoxy) is 1. The SMILES string of the molecule is Cc1cc(N)ccc1C(=O)O[C@H]1CC[C@@]2(C)C(=CC[C@H]3[C@H]4CC[C@H]([C@H](C)CCCCC(C)C)[C@@]4(C)CC[C@H]32)C1. The van der Waals surface area contributed by atoms with Crippen LogP contribution in [0, 0.1) is 53.3 Å². The number of rotatable bonds is 8. The minimum absolute atomic E-state index is 0.00779. The number of aryl methyl sites for hydroxylation is 1. The number of nitrogen functional groups attached to an aromatic ring is 1. The minimum Gasteiger partial charge on any atom is -0.458 e. The number of hydrogen-bond acceptors (Lipinski definition) is 3. The Morgan fingerprint density at radius 1 is 1.03 bits per heavy atom. The molecule has 4 aliphatic rings. The van der Waals surface area contributed by atoms with Crippen LogP contribution in [0.5, 0.6) is 0 Å². The van der Waals surface area contributed by atoms with Crippen LogP contribution in [0.3, 0.4) is 0 Å². The zero-order valence-corrected chi connectivity index (χ0v) is 25.7. The number of anilines is 1. The maximum absolute atomic E-state index is 13.0. The van der Waals surface area contributed by atoms with Crippen molar-refractivity contribution in [2.45, 2.75) is 125 Å². The lowest BCUT2D eigenvalue weighted by molar-refractivity contribution is -0.0594. The molecule has 8 atom stereocenters. The molecule has 0 unspecified atom stereocenters. The van der Waals surface area contributed by atoms with Crippen molar-refractivity contribution in [3.63, 3.8) is 0 Å². The second-order valence-electron chi connectivity index (χ2n) is 15.0. The van der Waals surface area contributed by atoms with Gasteiger partial charge in [0.25, 0.3) is 0 Å². The Morgan fingerprint density at radius 3 is 2.54 bits per heavy atom. The summed E-state index contributed by atoms with van der Waals surface area (Å²) < 4.78 is 6.09. The van der Waals surface area contributed by atoms with Crippen LogP contribution in [-0.4, -0.2) is 12.1 Å². The molecule has 2 N–H and O–H groups in total. The van der Waals surface area contributed by atoms with Crippen LogP contribution in [-0.2, 0) is 4.74 Å². The number of unbranched alkanes of at least 4 members (excludes halogenated alkanes) is 1. The van der Waals surface area contributed by atoms with Crippen molar-refractivity contribution in [3.8, 4) is 0 Å². The molecule has 0 spiro atoms. The van der Waals surface area contributed by atoms with Gasteiger partial charge in [-0.2, -0.15) is 0 Å². The number of benzene rings is 1. The topological polar surface area (TPSA) is 52.3 Å². The van der Waals surface area contributed by atoms with Crippen molar-refractivity contribution < 1.29 is 9.53 Å². The van der Waals surface area contributed by atoms with E-state index in [1.54, 1.807) is 11.6 Å². The highest BCUT2D eigenvalue weighted by molar-refractivity contribution is 5.91. The van der Waals surface area contributed by atoms with Gasteiger partial charge in [0, 0.05) is 12.1 Å². The Morgan fingerprint density at radius 2 is 1.79 bits per heavy atom. The van der Waals surface area contributed by atoms with Crippen molar-refractivity contribution in [3.05, 3.63) is 41.0 Å². The van der Waals surface area contributed by atoms with Gasteiger partial charge in [-0.05, 0) is 122 Å². The summed E-state index contributed by atoms with van der Waals surface area (Å²) in [6, 6.07) is 5.46. The highest BCUT2D eigenvalue weighted by Gasteiger charge is 2.59. The minimum atomic E-state index is -0.195. The van der Waals surface area contributed by atoms with Gasteiger partial charge in [-0.3, -0.25) is 0 Å². The highest BCUT2D eigenvalue weighted by Crippen LogP contribution is 2.67. The number of nitrogens with two attached hydrogens (primary N) is 1. The molecule has 3 fully saturated rings. The smallest absolute Gasteiger partial charge is 0.338 e. The Hall–Kier alpha value is -1.77. The second-order valence-corrected chi connectivity index (χ2v) is 15.0. The number of carbonyl (C=O) groups excluding carboxylic acids is 1. The lowest BCUT2D eigenvalue weighted by atomic mass is 9.47. The molecule has 4 aliphatic carbocycles. The Labute approximate surface area is 238 Å². The van der Waals surface area contributed by atoms with Crippen LogP contribution >= 0.6 is 0 Å². The Kier molecular flexibility index (Phi) is 8.29. The molecule has 0 radical (unpaired) electrons. The van der Waals surface area contributed by atoms with Crippen molar-refractivity contribution in [2.24, 2.45) is 46.3 Å². The van der Waals surface area contributed by atoms with Crippen LogP contribution in [0.4, 0.5) is 5.69 Å². The molecule has 0 bridgehead atoms. The first-order valence-corrected chi connectivity index (χ1v) is 16.3. The summed E-state index contributed by atoms with van der Waals surface area (Å²) in [6.07, 6.45) is 18.2. The highest BCUT2D eigenvalue weighted by atomic mass is 16.5. The lowest BCUT2D eigenvalue weighted by Crippen LogP contribution is -2.51. The molecule has 0 aromatic heterocycles. The summed E-state index contributed by atoms with van der Waals surface area (Å²) in [5.41, 5.74) is 10.5. The third-order valence-electron chi connectivity index (χ3n) is 12.3. The molecular weight excluding hydrogens is 478 g/mol. The predicted molar refractivity (Wildman–Crippen MR) is 162 cm³/mol. The monoisotopic (exact) mass is 533 g/mol. The molecule has 0 aliphatic heterocycles. The van der Waals surface area contributed by atoms with Crippen molar-refractivity contribution in [2.75, 3.05) is 5.73 Å². The van der Waals surface area contributed by atoms with Gasteiger partial charge >= 0.3 is 5.97 Å². The number of hydrogen-bond donors (Lipinski definition) is 1. The van der Waals surface area contributed by atoms with E-state index in [0.717, 1.165) is 60.3 Å². The summed E-state index contributed by atoms with van der Waals surface area (Å²) in [7, 11) is 0. The average Bonchev–Trinajstić information content (AvgIpc) is 3.24. The van der Waals surface area contributed by atoms with Crippen LogP contribution in [0.2, 0.25) is 0 Å². The largest absolute Gasteiger partial charge is 0.458 e. The third kappa shape index (κ3) is 5.45. The molecule has 3 nitrogen and oxygen atoms in total. The summed E-state index contributed by atoms with van der Waals surface area (Å²) in [5.74, 6) is 4.94. The fourth-order valence-corrected chi connectivity index (χ4v) is 10.1. The van der Waals surface area contributed by atoms with Crippen molar-refractivity contribution in [1.29, 1.82) is 0 Å². The zero-order valence-electron chi connectivity index (χ0n) is 25.7. The zero-order chi connectivity index (χ0) is 27.9. The van der Waals surface area contributed by atoms with Gasteiger partial charge in [-0.1, -0.05) is 72.0 Å².